The molecule has 0 fully saturated rings. The van der Waals surface area contributed by atoms with Crippen LogP contribution in [0.1, 0.15) is 6.92 Å². The molecule has 1 aliphatic heterocycles. The number of allylic oxidation sites excluding steroid dienone is 1. The van der Waals surface area contributed by atoms with E-state index in [-0.39, 0.29) is 5.76 Å². The molecule has 0 saturated heterocycles. The lowest BCUT2D eigenvalue weighted by Crippen LogP contribution is -2.16. The highest BCUT2D eigenvalue weighted by molar-refractivity contribution is 7.91. The van der Waals surface area contributed by atoms with E-state index in [4.69, 9.17) is 0 Å². The van der Waals surface area contributed by atoms with Crippen molar-refractivity contribution >= 4 is 10.1 Å². The minimum Gasteiger partial charge on any atom is -0.378 e. The smallest absolute Gasteiger partial charge is 0.369 e. The van der Waals surface area contributed by atoms with E-state index >= 15 is 0 Å². The first kappa shape index (κ1) is 5.55. The molecule has 5 heteroatoms. The molecule has 0 bridgehead atoms. The Bertz CT molecular complexity index is 237. The summed E-state index contributed by atoms with van der Waals surface area (Å²) in [6.07, 6.45) is 0. The van der Waals surface area contributed by atoms with E-state index in [1.54, 1.807) is 0 Å². The minimum atomic E-state index is -3.90. The van der Waals surface area contributed by atoms with Crippen molar-refractivity contribution in [2.24, 2.45) is 0 Å². The van der Waals surface area contributed by atoms with Crippen molar-refractivity contribution in [1.29, 1.82) is 0 Å². The molecule has 0 aromatic carbocycles. The molecule has 0 radical (unpaired) electrons. The molecule has 0 saturated carbocycles. The summed E-state index contributed by atoms with van der Waals surface area (Å²) in [7, 11) is -3.90. The van der Waals surface area contributed by atoms with Crippen LogP contribution in [0.5, 0.6) is 0 Å². The lowest BCUT2D eigenvalue weighted by molar-refractivity contribution is 0.348. The molecule has 1 rings (SSSR count). The van der Waals surface area contributed by atoms with Gasteiger partial charge in [0.05, 0.1) is 0 Å². The van der Waals surface area contributed by atoms with Gasteiger partial charge in [-0.2, -0.15) is 12.8 Å². The number of hydrogen-bond donors (Lipinski definition) is 0. The largest absolute Gasteiger partial charge is 0.378 e. The van der Waals surface area contributed by atoms with Gasteiger partial charge in [0.15, 0.2) is 5.76 Å². The Kier molecular flexibility index (Phi) is 0.849. The summed E-state index contributed by atoms with van der Waals surface area (Å²) >= 11 is 0. The molecular weight excluding hydrogens is 135 g/mol. The molecule has 8 heavy (non-hydrogen) atoms. The third-order valence-corrected chi connectivity index (χ3v) is 1.93. The Balaban J connectivity index is 3.16. The maximum atomic E-state index is 11.9. The number of hydrogen-bond acceptors (Lipinski definition) is 3. The fourth-order valence-corrected chi connectivity index (χ4v) is 1.13. The van der Waals surface area contributed by atoms with Crippen molar-refractivity contribution in [1.82, 2.24) is 0 Å². The first-order chi connectivity index (χ1) is 3.54. The molecule has 0 aromatic heterocycles. The van der Waals surface area contributed by atoms with Gasteiger partial charge in [0.25, 0.3) is 5.16 Å². The molecule has 0 aliphatic carbocycles. The second kappa shape index (κ2) is 1.22. The molecule has 1 heterocycles. The zero-order valence-electron chi connectivity index (χ0n) is 4.01. The summed E-state index contributed by atoms with van der Waals surface area (Å²) in [5.41, 5.74) is 0. The van der Waals surface area contributed by atoms with Gasteiger partial charge >= 0.3 is 10.1 Å². The van der Waals surface area contributed by atoms with Gasteiger partial charge in [-0.3, -0.25) is 0 Å². The number of rotatable bonds is 0. The Labute approximate surface area is 45.9 Å². The molecule has 1 aliphatic rings. The predicted molar refractivity (Wildman–Crippen MR) is 23.8 cm³/mol. The van der Waals surface area contributed by atoms with Crippen molar-refractivity contribution in [3.63, 3.8) is 0 Å². The molecule has 0 spiro atoms. The first-order valence-electron chi connectivity index (χ1n) is 1.85. The standard InChI is InChI=1S/C3H3FO3S/c1-2-3(4)8(5,6)7-2/h1H3. The summed E-state index contributed by atoms with van der Waals surface area (Å²) in [5, 5.41) is -1.16. The summed E-state index contributed by atoms with van der Waals surface area (Å²) in [6.45, 7) is 1.25. The highest BCUT2D eigenvalue weighted by atomic mass is 32.2. The second-order valence-electron chi connectivity index (χ2n) is 1.37. The van der Waals surface area contributed by atoms with Gasteiger partial charge in [-0.05, 0) is 6.92 Å². The van der Waals surface area contributed by atoms with Crippen molar-refractivity contribution in [3.05, 3.63) is 10.9 Å². The topological polar surface area (TPSA) is 43.4 Å². The molecular formula is C3H3FO3S. The van der Waals surface area contributed by atoms with Crippen LogP contribution in [0.25, 0.3) is 0 Å². The van der Waals surface area contributed by atoms with Gasteiger partial charge in [0.2, 0.25) is 0 Å². The fraction of sp³-hybridized carbons (Fsp3) is 0.333. The van der Waals surface area contributed by atoms with Gasteiger partial charge < -0.3 is 4.18 Å². The second-order valence-corrected chi connectivity index (χ2v) is 2.80. The molecule has 3 nitrogen and oxygen atoms in total. The predicted octanol–water partition coefficient (Wildman–Crippen LogP) is 0.505. The van der Waals surface area contributed by atoms with Crippen LogP contribution in [0.4, 0.5) is 4.39 Å². The van der Waals surface area contributed by atoms with E-state index in [0.29, 0.717) is 0 Å². The molecule has 0 N–H and O–H groups in total. The van der Waals surface area contributed by atoms with Crippen LogP contribution < -0.4 is 0 Å². The zero-order chi connectivity index (χ0) is 6.36. The van der Waals surface area contributed by atoms with Crippen molar-refractivity contribution in [3.8, 4) is 0 Å². The zero-order valence-corrected chi connectivity index (χ0v) is 4.83. The van der Waals surface area contributed by atoms with E-state index in [9.17, 15) is 12.8 Å². The van der Waals surface area contributed by atoms with Crippen LogP contribution in [0, 0.1) is 0 Å². The summed E-state index contributed by atoms with van der Waals surface area (Å²) in [6, 6.07) is 0. The first-order valence-corrected chi connectivity index (χ1v) is 3.26. The van der Waals surface area contributed by atoms with Crippen molar-refractivity contribution < 1.29 is 17.0 Å². The van der Waals surface area contributed by atoms with Crippen molar-refractivity contribution in [2.75, 3.05) is 0 Å². The van der Waals surface area contributed by atoms with Gasteiger partial charge in [-0.1, -0.05) is 0 Å². The van der Waals surface area contributed by atoms with Crippen LogP contribution >= 0.6 is 0 Å². The van der Waals surface area contributed by atoms with E-state index in [1.165, 1.54) is 6.92 Å². The quantitative estimate of drug-likeness (QED) is 0.458. The molecule has 0 atom stereocenters. The monoisotopic (exact) mass is 138 g/mol. The van der Waals surface area contributed by atoms with Crippen LogP contribution in [-0.4, -0.2) is 8.42 Å². The normalized spacial score (nSPS) is 24.2. The summed E-state index contributed by atoms with van der Waals surface area (Å²) < 4.78 is 35.7. The highest BCUT2D eigenvalue weighted by Gasteiger charge is 2.34. The van der Waals surface area contributed by atoms with Gasteiger partial charge in [-0.15, -0.1) is 0 Å². The third kappa shape index (κ3) is 0.509. The maximum Gasteiger partial charge on any atom is 0.369 e. The SMILES string of the molecule is CC1=C(F)S(=O)(=O)O1. The molecule has 46 valence electrons. The van der Waals surface area contributed by atoms with E-state index in [2.05, 4.69) is 4.18 Å². The Morgan fingerprint density at radius 2 is 2.12 bits per heavy atom. The Hall–Kier alpha value is -0.580. The highest BCUT2D eigenvalue weighted by Crippen LogP contribution is 2.28. The molecule has 0 unspecified atom stereocenters. The lowest BCUT2D eigenvalue weighted by atomic mass is 10.7. The average molecular weight is 138 g/mol. The molecule has 0 aromatic rings. The van der Waals surface area contributed by atoms with Crippen LogP contribution in [0.3, 0.4) is 0 Å². The number of halogens is 1. The Morgan fingerprint density at radius 1 is 1.62 bits per heavy atom. The Morgan fingerprint density at radius 3 is 2.12 bits per heavy atom. The third-order valence-electron chi connectivity index (χ3n) is 0.731. The van der Waals surface area contributed by atoms with Gasteiger partial charge in [0.1, 0.15) is 0 Å². The molecule has 0 amide bonds. The lowest BCUT2D eigenvalue weighted by Gasteiger charge is -2.13. The van der Waals surface area contributed by atoms with E-state index in [1.807, 2.05) is 0 Å². The van der Waals surface area contributed by atoms with Crippen LogP contribution in [0.15, 0.2) is 10.9 Å². The fourth-order valence-electron chi connectivity index (χ4n) is 0.376. The van der Waals surface area contributed by atoms with Gasteiger partial charge in [0, 0.05) is 0 Å². The summed E-state index contributed by atoms with van der Waals surface area (Å²) in [5.74, 6) is -0.162. The summed E-state index contributed by atoms with van der Waals surface area (Å²) in [4.78, 5) is 0. The average Bonchev–Trinajstić information content (AvgIpc) is 1.65. The van der Waals surface area contributed by atoms with Gasteiger partial charge in [-0.25, -0.2) is 0 Å². The van der Waals surface area contributed by atoms with Crippen LogP contribution in [-0.2, 0) is 14.3 Å². The van der Waals surface area contributed by atoms with Crippen LogP contribution in [0.2, 0.25) is 0 Å². The van der Waals surface area contributed by atoms with Crippen molar-refractivity contribution in [2.45, 2.75) is 6.92 Å². The van der Waals surface area contributed by atoms with E-state index in [0.717, 1.165) is 0 Å². The minimum absolute atomic E-state index is 0.162. The maximum absolute atomic E-state index is 11.9. The van der Waals surface area contributed by atoms with E-state index < -0.39 is 15.3 Å².